The molecule has 1 unspecified atom stereocenters. The van der Waals surface area contributed by atoms with Gasteiger partial charge in [0, 0.05) is 12.0 Å². The minimum Gasteiger partial charge on any atom is -0.481 e. The fourth-order valence-electron chi connectivity index (χ4n) is 3.04. The first-order chi connectivity index (χ1) is 8.91. The molecule has 0 saturated heterocycles. The van der Waals surface area contributed by atoms with Gasteiger partial charge in [0.1, 0.15) is 0 Å². The third-order valence-corrected chi connectivity index (χ3v) is 4.33. The first kappa shape index (κ1) is 16.0. The molecule has 4 heteroatoms. The average Bonchev–Trinajstić information content (AvgIpc) is 2.83. The van der Waals surface area contributed by atoms with Gasteiger partial charge in [-0.15, -0.1) is 0 Å². The standard InChI is InChI=1S/C15H27NO3/c1-4-15(7-5-6-8-15)14(19)16-10-12(13(17)18)9-11(2)3/h11-12H,4-10H2,1-3H3,(H,16,19)(H,17,18). The highest BCUT2D eigenvalue weighted by Gasteiger charge is 2.39. The van der Waals surface area contributed by atoms with Crippen LogP contribution >= 0.6 is 0 Å². The second-order valence-corrected chi connectivity index (χ2v) is 6.22. The van der Waals surface area contributed by atoms with Crippen molar-refractivity contribution in [2.45, 2.75) is 59.3 Å². The van der Waals surface area contributed by atoms with E-state index in [0.717, 1.165) is 32.1 Å². The van der Waals surface area contributed by atoms with Crippen LogP contribution in [0.2, 0.25) is 0 Å². The number of carboxylic acids is 1. The quantitative estimate of drug-likeness (QED) is 0.747. The third-order valence-electron chi connectivity index (χ3n) is 4.33. The molecule has 0 aromatic carbocycles. The van der Waals surface area contributed by atoms with E-state index in [0.29, 0.717) is 12.3 Å². The topological polar surface area (TPSA) is 66.4 Å². The molecule has 0 spiro atoms. The zero-order valence-corrected chi connectivity index (χ0v) is 12.4. The predicted molar refractivity (Wildman–Crippen MR) is 74.8 cm³/mol. The van der Waals surface area contributed by atoms with E-state index in [-0.39, 0.29) is 17.9 Å². The molecule has 1 aliphatic carbocycles. The molecule has 0 heterocycles. The minimum absolute atomic E-state index is 0.0579. The molecule has 0 aromatic heterocycles. The summed E-state index contributed by atoms with van der Waals surface area (Å²) in [5.41, 5.74) is -0.235. The molecule has 1 fully saturated rings. The van der Waals surface area contributed by atoms with Crippen LogP contribution in [-0.2, 0) is 9.59 Å². The van der Waals surface area contributed by atoms with Crippen molar-refractivity contribution in [3.63, 3.8) is 0 Å². The number of nitrogens with one attached hydrogen (secondary N) is 1. The molecule has 2 N–H and O–H groups in total. The Hall–Kier alpha value is -1.06. The third kappa shape index (κ3) is 4.22. The van der Waals surface area contributed by atoms with Gasteiger partial charge in [-0.2, -0.15) is 0 Å². The molecule has 0 radical (unpaired) electrons. The maximum atomic E-state index is 12.3. The van der Waals surface area contributed by atoms with Crippen LogP contribution in [0.4, 0.5) is 0 Å². The molecule has 1 saturated carbocycles. The molecular formula is C15H27NO3. The summed E-state index contributed by atoms with van der Waals surface area (Å²) in [6.45, 7) is 6.31. The van der Waals surface area contributed by atoms with Crippen molar-refractivity contribution in [1.82, 2.24) is 5.32 Å². The van der Waals surface area contributed by atoms with E-state index in [1.165, 1.54) is 0 Å². The second-order valence-electron chi connectivity index (χ2n) is 6.22. The summed E-state index contributed by atoms with van der Waals surface area (Å²) in [6.07, 6.45) is 5.55. The molecule has 1 rings (SSSR count). The maximum Gasteiger partial charge on any atom is 0.308 e. The van der Waals surface area contributed by atoms with E-state index >= 15 is 0 Å². The Labute approximate surface area is 116 Å². The molecule has 0 bridgehead atoms. The van der Waals surface area contributed by atoms with Crippen LogP contribution < -0.4 is 5.32 Å². The fourth-order valence-corrected chi connectivity index (χ4v) is 3.04. The van der Waals surface area contributed by atoms with Crippen molar-refractivity contribution in [1.29, 1.82) is 0 Å². The smallest absolute Gasteiger partial charge is 0.308 e. The molecule has 1 aliphatic rings. The van der Waals surface area contributed by atoms with Crippen LogP contribution in [0.3, 0.4) is 0 Å². The normalized spacial score (nSPS) is 19.4. The van der Waals surface area contributed by atoms with Gasteiger partial charge in [-0.05, 0) is 31.6 Å². The first-order valence-corrected chi connectivity index (χ1v) is 7.42. The zero-order valence-electron chi connectivity index (χ0n) is 12.4. The Kier molecular flexibility index (Phi) is 5.83. The van der Waals surface area contributed by atoms with Crippen LogP contribution in [0.15, 0.2) is 0 Å². The van der Waals surface area contributed by atoms with Gasteiger partial charge in [0.25, 0.3) is 0 Å². The van der Waals surface area contributed by atoms with Crippen molar-refractivity contribution < 1.29 is 14.7 Å². The van der Waals surface area contributed by atoms with Crippen LogP contribution in [0.5, 0.6) is 0 Å². The lowest BCUT2D eigenvalue weighted by molar-refractivity contribution is -0.142. The number of aliphatic carboxylic acids is 1. The largest absolute Gasteiger partial charge is 0.481 e. The van der Waals surface area contributed by atoms with Gasteiger partial charge in [0.15, 0.2) is 0 Å². The predicted octanol–water partition coefficient (Wildman–Crippen LogP) is 2.82. The molecule has 0 aliphatic heterocycles. The van der Waals surface area contributed by atoms with E-state index in [9.17, 15) is 14.7 Å². The molecule has 0 aromatic rings. The van der Waals surface area contributed by atoms with Crippen molar-refractivity contribution in [3.05, 3.63) is 0 Å². The Bertz CT molecular complexity index is 319. The number of amides is 1. The summed E-state index contributed by atoms with van der Waals surface area (Å²) < 4.78 is 0. The van der Waals surface area contributed by atoms with E-state index in [1.807, 2.05) is 20.8 Å². The summed E-state index contributed by atoms with van der Waals surface area (Å²) in [6, 6.07) is 0. The number of hydrogen-bond acceptors (Lipinski definition) is 2. The van der Waals surface area contributed by atoms with Crippen LogP contribution in [0.1, 0.15) is 59.3 Å². The highest BCUT2D eigenvalue weighted by atomic mass is 16.4. The summed E-state index contributed by atoms with van der Waals surface area (Å²) in [5.74, 6) is -0.905. The van der Waals surface area contributed by atoms with Gasteiger partial charge in [-0.3, -0.25) is 9.59 Å². The lowest BCUT2D eigenvalue weighted by Gasteiger charge is -2.27. The van der Waals surface area contributed by atoms with Crippen molar-refractivity contribution in [3.8, 4) is 0 Å². The summed E-state index contributed by atoms with van der Waals surface area (Å²) in [4.78, 5) is 23.5. The second kappa shape index (κ2) is 6.92. The summed E-state index contributed by atoms with van der Waals surface area (Å²) >= 11 is 0. The van der Waals surface area contributed by atoms with Crippen LogP contribution in [0.25, 0.3) is 0 Å². The Morgan fingerprint density at radius 2 is 1.84 bits per heavy atom. The Balaban J connectivity index is 2.53. The van der Waals surface area contributed by atoms with Crippen LogP contribution in [-0.4, -0.2) is 23.5 Å². The molecule has 19 heavy (non-hydrogen) atoms. The SMILES string of the molecule is CCC1(C(=O)NCC(CC(C)C)C(=O)O)CCCC1. The monoisotopic (exact) mass is 269 g/mol. The summed E-state index contributed by atoms with van der Waals surface area (Å²) in [7, 11) is 0. The minimum atomic E-state index is -0.814. The average molecular weight is 269 g/mol. The van der Waals surface area contributed by atoms with E-state index in [4.69, 9.17) is 0 Å². The van der Waals surface area contributed by atoms with Gasteiger partial charge in [-0.1, -0.05) is 33.6 Å². The highest BCUT2D eigenvalue weighted by Crippen LogP contribution is 2.41. The number of rotatable bonds is 7. The van der Waals surface area contributed by atoms with Gasteiger partial charge in [-0.25, -0.2) is 0 Å². The van der Waals surface area contributed by atoms with Gasteiger partial charge in [0.2, 0.25) is 5.91 Å². The van der Waals surface area contributed by atoms with Crippen LogP contribution in [0, 0.1) is 17.3 Å². The number of carboxylic acid groups (broad SMARTS) is 1. The van der Waals surface area contributed by atoms with Crippen molar-refractivity contribution in [2.75, 3.05) is 6.54 Å². The lowest BCUT2D eigenvalue weighted by Crippen LogP contribution is -2.42. The van der Waals surface area contributed by atoms with E-state index < -0.39 is 11.9 Å². The molecule has 1 amide bonds. The van der Waals surface area contributed by atoms with E-state index in [1.54, 1.807) is 0 Å². The van der Waals surface area contributed by atoms with Gasteiger partial charge >= 0.3 is 5.97 Å². The molecule has 1 atom stereocenters. The maximum absolute atomic E-state index is 12.3. The van der Waals surface area contributed by atoms with Crippen molar-refractivity contribution in [2.24, 2.45) is 17.3 Å². The first-order valence-electron chi connectivity index (χ1n) is 7.42. The summed E-state index contributed by atoms with van der Waals surface area (Å²) in [5, 5.41) is 12.1. The fraction of sp³-hybridized carbons (Fsp3) is 0.867. The number of carbonyl (C=O) groups excluding carboxylic acids is 1. The Morgan fingerprint density at radius 3 is 2.26 bits per heavy atom. The zero-order chi connectivity index (χ0) is 14.5. The molecule has 4 nitrogen and oxygen atoms in total. The van der Waals surface area contributed by atoms with Crippen molar-refractivity contribution >= 4 is 11.9 Å². The lowest BCUT2D eigenvalue weighted by atomic mass is 9.82. The molecule has 110 valence electrons. The van der Waals surface area contributed by atoms with Gasteiger partial charge < -0.3 is 10.4 Å². The number of hydrogen-bond donors (Lipinski definition) is 2. The number of carbonyl (C=O) groups is 2. The van der Waals surface area contributed by atoms with Gasteiger partial charge in [0.05, 0.1) is 5.92 Å². The molecular weight excluding hydrogens is 242 g/mol. The Morgan fingerprint density at radius 1 is 1.26 bits per heavy atom. The highest BCUT2D eigenvalue weighted by molar-refractivity contribution is 5.83. The van der Waals surface area contributed by atoms with E-state index in [2.05, 4.69) is 5.32 Å².